The summed E-state index contributed by atoms with van der Waals surface area (Å²) in [5, 5.41) is 13.3. The lowest BCUT2D eigenvalue weighted by molar-refractivity contribution is -0.116. The van der Waals surface area contributed by atoms with E-state index in [1.807, 2.05) is 59.2 Å². The molecule has 2 aromatic carbocycles. The third kappa shape index (κ3) is 4.44. The molecule has 170 valence electrons. The average Bonchev–Trinajstić information content (AvgIpc) is 3.43. The van der Waals surface area contributed by atoms with Gasteiger partial charge >= 0.3 is 0 Å². The van der Waals surface area contributed by atoms with Gasteiger partial charge in [-0.05, 0) is 30.2 Å². The summed E-state index contributed by atoms with van der Waals surface area (Å²) in [5.41, 5.74) is 3.71. The number of carbonyl (C=O) groups is 1. The lowest BCUT2D eigenvalue weighted by atomic mass is 10.0. The van der Waals surface area contributed by atoms with E-state index in [1.54, 1.807) is 17.4 Å². The van der Waals surface area contributed by atoms with Crippen molar-refractivity contribution in [1.29, 1.82) is 0 Å². The van der Waals surface area contributed by atoms with Gasteiger partial charge in [0.25, 0.3) is 0 Å². The molecular formula is C26H22ClN5OS. The number of thiophene rings is 1. The molecule has 34 heavy (non-hydrogen) atoms. The summed E-state index contributed by atoms with van der Waals surface area (Å²) in [7, 11) is 0. The normalized spacial score (nSPS) is 12.7. The van der Waals surface area contributed by atoms with Gasteiger partial charge in [0.05, 0.1) is 12.3 Å². The molecule has 5 rings (SSSR count). The molecule has 0 bridgehead atoms. The highest BCUT2D eigenvalue weighted by Crippen LogP contribution is 2.34. The summed E-state index contributed by atoms with van der Waals surface area (Å²) in [6.45, 7) is 2.76. The Morgan fingerprint density at radius 1 is 1.12 bits per heavy atom. The Labute approximate surface area is 206 Å². The highest BCUT2D eigenvalue weighted by molar-refractivity contribution is 7.15. The van der Waals surface area contributed by atoms with Crippen molar-refractivity contribution in [1.82, 2.24) is 20.1 Å². The van der Waals surface area contributed by atoms with E-state index in [1.165, 1.54) is 11.0 Å². The number of rotatable bonds is 6. The van der Waals surface area contributed by atoms with Crippen LogP contribution < -0.4 is 5.32 Å². The first-order valence-corrected chi connectivity index (χ1v) is 12.2. The van der Waals surface area contributed by atoms with E-state index < -0.39 is 0 Å². The van der Waals surface area contributed by atoms with Crippen LogP contribution in [0.4, 0.5) is 0 Å². The van der Waals surface area contributed by atoms with Crippen molar-refractivity contribution in [3.05, 3.63) is 105 Å². The summed E-state index contributed by atoms with van der Waals surface area (Å²) >= 11 is 8.22. The van der Waals surface area contributed by atoms with Gasteiger partial charge in [-0.15, -0.1) is 21.5 Å². The summed E-state index contributed by atoms with van der Waals surface area (Å²) in [5.74, 6) is 1.21. The van der Waals surface area contributed by atoms with E-state index in [0.717, 1.165) is 39.6 Å². The first-order valence-electron chi connectivity index (χ1n) is 11.0. The lowest BCUT2D eigenvalue weighted by Gasteiger charge is -2.10. The zero-order valence-electron chi connectivity index (χ0n) is 18.5. The molecule has 0 radical (unpaired) electrons. The molecular weight excluding hydrogens is 466 g/mol. The molecule has 1 aliphatic heterocycles. The van der Waals surface area contributed by atoms with Gasteiger partial charge in [-0.3, -0.25) is 14.4 Å². The number of halogens is 1. The van der Waals surface area contributed by atoms with Gasteiger partial charge in [0.15, 0.2) is 11.6 Å². The predicted molar refractivity (Wildman–Crippen MR) is 137 cm³/mol. The summed E-state index contributed by atoms with van der Waals surface area (Å²) < 4.78 is 2.02. The van der Waals surface area contributed by atoms with Crippen molar-refractivity contribution in [2.45, 2.75) is 26.4 Å². The highest BCUT2D eigenvalue weighted by Gasteiger charge is 2.26. The monoisotopic (exact) mass is 487 g/mol. The SMILES string of the molecule is CCc1cc2c(s1)-n1c(nnc1CNC(=O)/C=C\c1ccccc1)CN=C2c1ccccc1Cl. The Balaban J connectivity index is 1.44. The van der Waals surface area contributed by atoms with Crippen LogP contribution in [-0.4, -0.2) is 26.4 Å². The maximum atomic E-state index is 12.4. The maximum absolute atomic E-state index is 12.4. The Bertz CT molecular complexity index is 1400. The molecule has 1 N–H and O–H groups in total. The van der Waals surface area contributed by atoms with Crippen molar-refractivity contribution in [2.75, 3.05) is 0 Å². The van der Waals surface area contributed by atoms with Crippen molar-refractivity contribution < 1.29 is 4.79 Å². The number of fused-ring (bicyclic) bond motifs is 3. The number of aryl methyl sites for hydroxylation is 1. The van der Waals surface area contributed by atoms with Crippen LogP contribution in [0.3, 0.4) is 0 Å². The number of hydrogen-bond donors (Lipinski definition) is 1. The number of hydrogen-bond acceptors (Lipinski definition) is 5. The second kappa shape index (κ2) is 9.75. The van der Waals surface area contributed by atoms with Gasteiger partial charge < -0.3 is 5.32 Å². The van der Waals surface area contributed by atoms with Crippen molar-refractivity contribution >= 4 is 40.6 Å². The first kappa shape index (κ1) is 22.3. The molecule has 1 amide bonds. The van der Waals surface area contributed by atoms with E-state index in [-0.39, 0.29) is 12.5 Å². The fourth-order valence-corrected chi connectivity index (χ4v) is 5.19. The minimum Gasteiger partial charge on any atom is -0.345 e. The van der Waals surface area contributed by atoms with E-state index in [2.05, 4.69) is 28.5 Å². The van der Waals surface area contributed by atoms with Gasteiger partial charge in [-0.25, -0.2) is 0 Å². The third-order valence-corrected chi connectivity index (χ3v) is 7.12. The topological polar surface area (TPSA) is 72.2 Å². The van der Waals surface area contributed by atoms with Crippen LogP contribution in [-0.2, 0) is 24.3 Å². The van der Waals surface area contributed by atoms with Crippen molar-refractivity contribution in [3.63, 3.8) is 0 Å². The minimum atomic E-state index is -0.191. The molecule has 8 heteroatoms. The van der Waals surface area contributed by atoms with Gasteiger partial charge in [0.2, 0.25) is 5.91 Å². The van der Waals surface area contributed by atoms with Crippen LogP contribution in [0, 0.1) is 0 Å². The quantitative estimate of drug-likeness (QED) is 0.379. The second-order valence-corrected chi connectivity index (χ2v) is 9.28. The van der Waals surface area contributed by atoms with Crippen molar-refractivity contribution in [3.8, 4) is 5.00 Å². The molecule has 0 saturated carbocycles. The van der Waals surface area contributed by atoms with Crippen LogP contribution in [0.15, 0.2) is 71.7 Å². The van der Waals surface area contributed by atoms with E-state index >= 15 is 0 Å². The largest absolute Gasteiger partial charge is 0.345 e. The fourth-order valence-electron chi connectivity index (χ4n) is 3.83. The van der Waals surface area contributed by atoms with Gasteiger partial charge in [-0.1, -0.05) is 67.1 Å². The predicted octanol–water partition coefficient (Wildman–Crippen LogP) is 5.23. The average molecular weight is 488 g/mol. The summed E-state index contributed by atoms with van der Waals surface area (Å²) in [6, 6.07) is 19.6. The number of carbonyl (C=O) groups excluding carboxylic acids is 1. The number of amides is 1. The fraction of sp³-hybridized carbons (Fsp3) is 0.154. The molecule has 1 aliphatic rings. The van der Waals surface area contributed by atoms with Gasteiger partial charge in [0.1, 0.15) is 11.5 Å². The van der Waals surface area contributed by atoms with Gasteiger partial charge in [0, 0.05) is 27.1 Å². The Hall–Kier alpha value is -3.55. The standard InChI is InChI=1S/C26H22ClN5OS/c1-2-18-14-20-25(19-10-6-7-11-21(19)27)29-16-23-31-30-22(32(23)26(20)34-18)15-28-24(33)13-12-17-8-4-3-5-9-17/h3-14H,2,15-16H2,1H3,(H,28,33)/b13-12-. The van der Waals surface area contributed by atoms with Crippen LogP contribution in [0.1, 0.15) is 40.1 Å². The number of aromatic nitrogens is 3. The Morgan fingerprint density at radius 2 is 1.91 bits per heavy atom. The van der Waals surface area contributed by atoms with E-state index in [0.29, 0.717) is 17.4 Å². The molecule has 0 spiro atoms. The Morgan fingerprint density at radius 3 is 2.71 bits per heavy atom. The zero-order valence-corrected chi connectivity index (χ0v) is 20.1. The Kier molecular flexibility index (Phi) is 6.38. The smallest absolute Gasteiger partial charge is 0.244 e. The highest BCUT2D eigenvalue weighted by atomic mass is 35.5. The minimum absolute atomic E-state index is 0.191. The zero-order chi connectivity index (χ0) is 23.5. The van der Waals surface area contributed by atoms with Crippen LogP contribution in [0.5, 0.6) is 0 Å². The third-order valence-electron chi connectivity index (χ3n) is 5.52. The first-order chi connectivity index (χ1) is 16.6. The van der Waals surface area contributed by atoms with E-state index in [4.69, 9.17) is 16.6 Å². The molecule has 0 unspecified atom stereocenters. The van der Waals surface area contributed by atoms with Crippen LogP contribution >= 0.6 is 22.9 Å². The molecule has 2 aromatic heterocycles. The molecule has 0 aliphatic carbocycles. The second-order valence-electron chi connectivity index (χ2n) is 7.76. The van der Waals surface area contributed by atoms with Crippen LogP contribution in [0.25, 0.3) is 11.1 Å². The molecule has 6 nitrogen and oxygen atoms in total. The number of aliphatic imine (C=N–C) groups is 1. The van der Waals surface area contributed by atoms with Crippen molar-refractivity contribution in [2.24, 2.45) is 4.99 Å². The van der Waals surface area contributed by atoms with Gasteiger partial charge in [-0.2, -0.15) is 0 Å². The molecule has 0 atom stereocenters. The van der Waals surface area contributed by atoms with E-state index in [9.17, 15) is 4.79 Å². The maximum Gasteiger partial charge on any atom is 0.244 e. The molecule has 3 heterocycles. The molecule has 4 aromatic rings. The lowest BCUT2D eigenvalue weighted by Crippen LogP contribution is -2.22. The van der Waals surface area contributed by atoms with Crippen LogP contribution in [0.2, 0.25) is 5.02 Å². The molecule has 0 saturated heterocycles. The number of nitrogens with zero attached hydrogens (tertiary/aromatic N) is 4. The molecule has 0 fully saturated rings. The number of nitrogens with one attached hydrogen (secondary N) is 1. The summed E-state index contributed by atoms with van der Waals surface area (Å²) in [4.78, 5) is 18.5. The summed E-state index contributed by atoms with van der Waals surface area (Å²) in [6.07, 6.45) is 4.22. The number of benzene rings is 2.